The van der Waals surface area contributed by atoms with Gasteiger partial charge in [0.05, 0.1) is 34.3 Å². The van der Waals surface area contributed by atoms with Gasteiger partial charge in [-0.05, 0) is 25.3 Å². The summed E-state index contributed by atoms with van der Waals surface area (Å²) in [6.07, 6.45) is 0.577. The lowest BCUT2D eigenvalue weighted by atomic mass is 10.1. The lowest BCUT2D eigenvalue weighted by molar-refractivity contribution is -0.135. The van der Waals surface area contributed by atoms with Crippen LogP contribution < -0.4 is 5.56 Å². The fourth-order valence-corrected chi connectivity index (χ4v) is 4.61. The molecular formula is C19H22ClN5O2S. The molecule has 9 heteroatoms. The number of hydrogen-bond donors (Lipinski definition) is 0. The number of thiophene rings is 1. The molecule has 28 heavy (non-hydrogen) atoms. The van der Waals surface area contributed by atoms with Crippen molar-refractivity contribution < 1.29 is 4.79 Å². The standard InChI is InChI=1S/C19H22ClN5O2S/c1-11(10-25-13(3)16(20)12(2)22-25)18(26)23-6-4-15-21-17-14(5-9-28-17)19(27)24(15)8-7-23/h5,9,11H,4,6-8,10H2,1-3H3/t11-/m0/s1. The van der Waals surface area contributed by atoms with Crippen LogP contribution in [-0.2, 0) is 24.3 Å². The van der Waals surface area contributed by atoms with Crippen molar-refractivity contribution in [2.24, 2.45) is 5.92 Å². The van der Waals surface area contributed by atoms with Gasteiger partial charge in [0.2, 0.25) is 5.91 Å². The summed E-state index contributed by atoms with van der Waals surface area (Å²) in [6, 6.07) is 1.82. The molecule has 148 valence electrons. The van der Waals surface area contributed by atoms with Gasteiger partial charge in [0, 0.05) is 26.1 Å². The number of amides is 1. The molecule has 3 aromatic rings. The topological polar surface area (TPSA) is 73.0 Å². The van der Waals surface area contributed by atoms with E-state index >= 15 is 0 Å². The van der Waals surface area contributed by atoms with Crippen molar-refractivity contribution in [3.05, 3.63) is 44.0 Å². The molecule has 0 aromatic carbocycles. The van der Waals surface area contributed by atoms with Crippen molar-refractivity contribution in [2.75, 3.05) is 13.1 Å². The van der Waals surface area contributed by atoms with Crippen molar-refractivity contribution in [1.82, 2.24) is 24.2 Å². The van der Waals surface area contributed by atoms with Crippen LogP contribution in [0.3, 0.4) is 0 Å². The normalized spacial score (nSPS) is 15.5. The third kappa shape index (κ3) is 3.24. The molecule has 1 aliphatic heterocycles. The van der Waals surface area contributed by atoms with Gasteiger partial charge in [-0.15, -0.1) is 11.3 Å². The molecule has 0 saturated heterocycles. The monoisotopic (exact) mass is 419 g/mol. The predicted molar refractivity (Wildman–Crippen MR) is 110 cm³/mol. The van der Waals surface area contributed by atoms with Gasteiger partial charge in [0.25, 0.3) is 5.56 Å². The number of carbonyl (C=O) groups is 1. The van der Waals surface area contributed by atoms with E-state index in [1.54, 1.807) is 9.25 Å². The summed E-state index contributed by atoms with van der Waals surface area (Å²) >= 11 is 7.69. The maximum absolute atomic E-state index is 13.0. The maximum atomic E-state index is 13.0. The van der Waals surface area contributed by atoms with E-state index in [2.05, 4.69) is 10.1 Å². The second-order valence-corrected chi connectivity index (χ2v) is 8.54. The fourth-order valence-electron chi connectivity index (χ4n) is 3.70. The number of aryl methyl sites for hydroxylation is 1. The third-order valence-corrected chi connectivity index (χ3v) is 6.69. The van der Waals surface area contributed by atoms with Gasteiger partial charge in [0.1, 0.15) is 10.7 Å². The summed E-state index contributed by atoms with van der Waals surface area (Å²) in [6.45, 7) is 7.69. The van der Waals surface area contributed by atoms with E-state index in [-0.39, 0.29) is 17.4 Å². The maximum Gasteiger partial charge on any atom is 0.262 e. The molecule has 0 saturated carbocycles. The highest BCUT2D eigenvalue weighted by Crippen LogP contribution is 2.21. The number of hydrogen-bond acceptors (Lipinski definition) is 5. The van der Waals surface area contributed by atoms with E-state index in [0.717, 1.165) is 22.0 Å². The van der Waals surface area contributed by atoms with E-state index in [0.29, 0.717) is 43.0 Å². The number of nitrogens with zero attached hydrogens (tertiary/aromatic N) is 5. The number of rotatable bonds is 3. The highest BCUT2D eigenvalue weighted by Gasteiger charge is 2.25. The second kappa shape index (κ2) is 7.33. The molecule has 7 nitrogen and oxygen atoms in total. The Morgan fingerprint density at radius 2 is 2.11 bits per heavy atom. The zero-order chi connectivity index (χ0) is 20.0. The summed E-state index contributed by atoms with van der Waals surface area (Å²) in [5.74, 6) is 0.586. The van der Waals surface area contributed by atoms with Crippen LogP contribution in [0.25, 0.3) is 10.2 Å². The van der Waals surface area contributed by atoms with Crippen LogP contribution >= 0.6 is 22.9 Å². The lowest BCUT2D eigenvalue weighted by Crippen LogP contribution is -2.39. The molecule has 4 heterocycles. The molecule has 4 rings (SSSR count). The van der Waals surface area contributed by atoms with E-state index in [1.165, 1.54) is 11.3 Å². The Morgan fingerprint density at radius 1 is 1.32 bits per heavy atom. The minimum absolute atomic E-state index is 0.0131. The van der Waals surface area contributed by atoms with Crippen molar-refractivity contribution >= 4 is 39.1 Å². The average Bonchev–Trinajstić information content (AvgIpc) is 3.15. The Morgan fingerprint density at radius 3 is 2.82 bits per heavy atom. The zero-order valence-electron chi connectivity index (χ0n) is 16.1. The van der Waals surface area contributed by atoms with Gasteiger partial charge < -0.3 is 4.90 Å². The molecule has 0 bridgehead atoms. The summed E-state index contributed by atoms with van der Waals surface area (Å²) in [4.78, 5) is 33.0. The summed E-state index contributed by atoms with van der Waals surface area (Å²) in [5, 5.41) is 7.62. The van der Waals surface area contributed by atoms with Crippen LogP contribution in [0.5, 0.6) is 0 Å². The molecule has 0 aliphatic carbocycles. The molecule has 0 radical (unpaired) electrons. The van der Waals surface area contributed by atoms with Gasteiger partial charge in [-0.25, -0.2) is 4.98 Å². The summed E-state index contributed by atoms with van der Waals surface area (Å²) in [7, 11) is 0. The molecule has 1 atom stereocenters. The Labute approximate surface area is 171 Å². The molecule has 0 unspecified atom stereocenters. The molecule has 0 spiro atoms. The number of fused-ring (bicyclic) bond motifs is 2. The smallest absolute Gasteiger partial charge is 0.262 e. The van der Waals surface area contributed by atoms with Gasteiger partial charge in [0.15, 0.2) is 0 Å². The highest BCUT2D eigenvalue weighted by molar-refractivity contribution is 7.16. The van der Waals surface area contributed by atoms with Gasteiger partial charge in [-0.3, -0.25) is 18.8 Å². The van der Waals surface area contributed by atoms with Crippen molar-refractivity contribution in [3.8, 4) is 0 Å². The van der Waals surface area contributed by atoms with Crippen molar-refractivity contribution in [3.63, 3.8) is 0 Å². The Hall–Kier alpha value is -2.19. The van der Waals surface area contributed by atoms with E-state index in [4.69, 9.17) is 11.6 Å². The molecule has 1 amide bonds. The summed E-state index contributed by atoms with van der Waals surface area (Å²) < 4.78 is 3.51. The number of halogens is 1. The second-order valence-electron chi connectivity index (χ2n) is 7.27. The van der Waals surface area contributed by atoms with E-state index in [1.807, 2.05) is 37.1 Å². The molecule has 0 N–H and O–H groups in total. The van der Waals surface area contributed by atoms with Crippen molar-refractivity contribution in [1.29, 1.82) is 0 Å². The largest absolute Gasteiger partial charge is 0.340 e. The number of carbonyl (C=O) groups excluding carboxylic acids is 1. The molecule has 1 aliphatic rings. The van der Waals surface area contributed by atoms with Gasteiger partial charge in [-0.1, -0.05) is 18.5 Å². The Balaban J connectivity index is 1.50. The molecular weight excluding hydrogens is 398 g/mol. The van der Waals surface area contributed by atoms with Gasteiger partial charge >= 0.3 is 0 Å². The SMILES string of the molecule is Cc1nn(C[C@H](C)C(=O)N2CCc3nc4sccc4c(=O)n3CC2)c(C)c1Cl. The first-order chi connectivity index (χ1) is 13.4. The highest BCUT2D eigenvalue weighted by atomic mass is 35.5. The molecule has 0 fully saturated rings. The first-order valence-corrected chi connectivity index (χ1v) is 10.6. The third-order valence-electron chi connectivity index (χ3n) is 5.33. The molecule has 3 aromatic heterocycles. The quantitative estimate of drug-likeness (QED) is 0.654. The van der Waals surface area contributed by atoms with Crippen molar-refractivity contribution in [2.45, 2.75) is 40.3 Å². The Bertz CT molecular complexity index is 1120. The zero-order valence-corrected chi connectivity index (χ0v) is 17.7. The van der Waals surface area contributed by atoms with Crippen LogP contribution in [0, 0.1) is 19.8 Å². The summed E-state index contributed by atoms with van der Waals surface area (Å²) in [5.41, 5.74) is 1.63. The fraction of sp³-hybridized carbons (Fsp3) is 0.474. The lowest BCUT2D eigenvalue weighted by Gasteiger charge is -2.24. The predicted octanol–water partition coefficient (Wildman–Crippen LogP) is 2.65. The van der Waals surface area contributed by atoms with Crippen LogP contribution in [0.4, 0.5) is 0 Å². The van der Waals surface area contributed by atoms with Crippen LogP contribution in [0.15, 0.2) is 16.2 Å². The first-order valence-electron chi connectivity index (χ1n) is 9.32. The van der Waals surface area contributed by atoms with Crippen LogP contribution in [0.2, 0.25) is 5.02 Å². The average molecular weight is 420 g/mol. The minimum Gasteiger partial charge on any atom is -0.340 e. The van der Waals surface area contributed by atoms with Gasteiger partial charge in [-0.2, -0.15) is 5.10 Å². The van der Waals surface area contributed by atoms with E-state index < -0.39 is 0 Å². The van der Waals surface area contributed by atoms with E-state index in [9.17, 15) is 9.59 Å². The Kier molecular flexibility index (Phi) is 5.01. The van der Waals surface area contributed by atoms with Crippen LogP contribution in [0.1, 0.15) is 24.1 Å². The first kappa shape index (κ1) is 19.1. The minimum atomic E-state index is -0.233. The van der Waals surface area contributed by atoms with Crippen LogP contribution in [-0.4, -0.2) is 43.2 Å². The number of aromatic nitrogens is 4.